The quantitative estimate of drug-likeness (QED) is 0.662. The van der Waals surface area contributed by atoms with E-state index in [-0.39, 0.29) is 24.0 Å². The number of nitrogens with one attached hydrogen (secondary N) is 2. The second-order valence-electron chi connectivity index (χ2n) is 5.40. The molecular weight excluding hydrogens is 204 g/mol. The number of aliphatic hydroxyl groups excluding tert-OH is 1. The van der Waals surface area contributed by atoms with E-state index in [1.165, 1.54) is 6.42 Å². The molecule has 0 saturated carbocycles. The van der Waals surface area contributed by atoms with Gasteiger partial charge in [0.2, 0.25) is 5.91 Å². The van der Waals surface area contributed by atoms with Crippen molar-refractivity contribution in [1.29, 1.82) is 0 Å². The fraction of sp³-hybridized carbons (Fsp3) is 0.917. The first-order valence-electron chi connectivity index (χ1n) is 6.17. The van der Waals surface area contributed by atoms with Crippen molar-refractivity contribution in [3.8, 4) is 0 Å². The molecule has 1 unspecified atom stereocenters. The topological polar surface area (TPSA) is 61.4 Å². The maximum Gasteiger partial charge on any atom is 0.237 e. The lowest BCUT2D eigenvalue weighted by molar-refractivity contribution is -0.123. The van der Waals surface area contributed by atoms with Crippen molar-refractivity contribution < 1.29 is 9.90 Å². The van der Waals surface area contributed by atoms with Gasteiger partial charge in [-0.2, -0.15) is 0 Å². The predicted molar refractivity (Wildman–Crippen MR) is 64.1 cm³/mol. The Morgan fingerprint density at radius 3 is 2.88 bits per heavy atom. The molecule has 4 nitrogen and oxygen atoms in total. The molecule has 0 bridgehead atoms. The van der Waals surface area contributed by atoms with E-state index in [1.807, 2.05) is 13.8 Å². The van der Waals surface area contributed by atoms with Gasteiger partial charge in [-0.3, -0.25) is 4.79 Å². The van der Waals surface area contributed by atoms with Gasteiger partial charge in [-0.15, -0.1) is 0 Å². The zero-order chi connectivity index (χ0) is 12.0. The van der Waals surface area contributed by atoms with Gasteiger partial charge in [-0.05, 0) is 19.4 Å². The maximum atomic E-state index is 11.9. The Bertz CT molecular complexity index is 221. The third-order valence-corrected chi connectivity index (χ3v) is 3.05. The van der Waals surface area contributed by atoms with Gasteiger partial charge < -0.3 is 15.7 Å². The Labute approximate surface area is 97.8 Å². The number of hydrogen-bond donors (Lipinski definition) is 3. The lowest BCUT2D eigenvalue weighted by Gasteiger charge is -2.24. The van der Waals surface area contributed by atoms with E-state index in [0.717, 1.165) is 25.8 Å². The van der Waals surface area contributed by atoms with Crippen LogP contribution in [0.5, 0.6) is 0 Å². The van der Waals surface area contributed by atoms with E-state index in [9.17, 15) is 4.79 Å². The zero-order valence-electron chi connectivity index (χ0n) is 10.4. The van der Waals surface area contributed by atoms with Crippen molar-refractivity contribution >= 4 is 5.91 Å². The summed E-state index contributed by atoms with van der Waals surface area (Å²) in [6, 6.07) is -0.0445. The zero-order valence-corrected chi connectivity index (χ0v) is 10.4. The highest BCUT2D eigenvalue weighted by molar-refractivity contribution is 5.81. The summed E-state index contributed by atoms with van der Waals surface area (Å²) in [7, 11) is 0. The van der Waals surface area contributed by atoms with Gasteiger partial charge in [0.25, 0.3) is 0 Å². The highest BCUT2D eigenvalue weighted by atomic mass is 16.3. The average Bonchev–Trinajstić information content (AvgIpc) is 2.54. The summed E-state index contributed by atoms with van der Waals surface area (Å²) in [6.45, 7) is 5.43. The van der Waals surface area contributed by atoms with Crippen LogP contribution >= 0.6 is 0 Å². The molecular formula is C12H24N2O2. The molecule has 0 aromatic rings. The Hall–Kier alpha value is -0.610. The molecule has 0 spiro atoms. The molecule has 94 valence electrons. The molecule has 3 N–H and O–H groups in total. The molecule has 1 fully saturated rings. The van der Waals surface area contributed by atoms with E-state index in [4.69, 9.17) is 5.11 Å². The SMILES string of the molecule is CC(C)(CO)CNC(=O)C1CCCCCN1. The summed E-state index contributed by atoms with van der Waals surface area (Å²) >= 11 is 0. The molecule has 1 rings (SSSR count). The fourth-order valence-corrected chi connectivity index (χ4v) is 1.76. The number of amides is 1. The first-order chi connectivity index (χ1) is 7.55. The van der Waals surface area contributed by atoms with Gasteiger partial charge in [0.1, 0.15) is 0 Å². The monoisotopic (exact) mass is 228 g/mol. The number of hydrogen-bond acceptors (Lipinski definition) is 3. The van der Waals surface area contributed by atoms with Gasteiger partial charge in [0.15, 0.2) is 0 Å². The van der Waals surface area contributed by atoms with E-state index >= 15 is 0 Å². The van der Waals surface area contributed by atoms with Crippen molar-refractivity contribution in [1.82, 2.24) is 10.6 Å². The Morgan fingerprint density at radius 1 is 1.44 bits per heavy atom. The van der Waals surface area contributed by atoms with Crippen LogP contribution in [0.3, 0.4) is 0 Å². The molecule has 16 heavy (non-hydrogen) atoms. The lowest BCUT2D eigenvalue weighted by atomic mass is 9.95. The highest BCUT2D eigenvalue weighted by Gasteiger charge is 2.22. The Morgan fingerprint density at radius 2 is 2.19 bits per heavy atom. The minimum Gasteiger partial charge on any atom is -0.396 e. The summed E-state index contributed by atoms with van der Waals surface area (Å²) in [6.07, 6.45) is 4.41. The molecule has 4 heteroatoms. The van der Waals surface area contributed by atoms with Crippen LogP contribution in [0.1, 0.15) is 39.5 Å². The molecule has 0 aliphatic carbocycles. The van der Waals surface area contributed by atoms with Gasteiger partial charge in [0, 0.05) is 18.6 Å². The lowest BCUT2D eigenvalue weighted by Crippen LogP contribution is -2.46. The van der Waals surface area contributed by atoms with E-state index in [1.54, 1.807) is 0 Å². The molecule has 1 aliphatic rings. The summed E-state index contributed by atoms with van der Waals surface area (Å²) in [4.78, 5) is 11.9. The Balaban J connectivity index is 2.33. The van der Waals surface area contributed by atoms with E-state index in [2.05, 4.69) is 10.6 Å². The van der Waals surface area contributed by atoms with Crippen molar-refractivity contribution in [2.24, 2.45) is 5.41 Å². The molecule has 0 aromatic carbocycles. The van der Waals surface area contributed by atoms with Crippen molar-refractivity contribution in [2.75, 3.05) is 19.7 Å². The summed E-state index contributed by atoms with van der Waals surface area (Å²) < 4.78 is 0. The third-order valence-electron chi connectivity index (χ3n) is 3.05. The maximum absolute atomic E-state index is 11.9. The number of carbonyl (C=O) groups is 1. The van der Waals surface area contributed by atoms with Gasteiger partial charge in [-0.1, -0.05) is 26.7 Å². The molecule has 1 atom stereocenters. The smallest absolute Gasteiger partial charge is 0.237 e. The summed E-state index contributed by atoms with van der Waals surface area (Å²) in [5.74, 6) is 0.0726. The van der Waals surface area contributed by atoms with E-state index in [0.29, 0.717) is 6.54 Å². The van der Waals surface area contributed by atoms with Crippen LogP contribution in [0.15, 0.2) is 0 Å². The minimum atomic E-state index is -0.236. The first kappa shape index (κ1) is 13.5. The van der Waals surface area contributed by atoms with Crippen molar-refractivity contribution in [3.05, 3.63) is 0 Å². The second-order valence-corrected chi connectivity index (χ2v) is 5.40. The van der Waals surface area contributed by atoms with Crippen LogP contribution in [0.2, 0.25) is 0 Å². The van der Waals surface area contributed by atoms with Crippen LogP contribution in [-0.4, -0.2) is 36.8 Å². The van der Waals surface area contributed by atoms with Gasteiger partial charge in [0.05, 0.1) is 6.04 Å². The molecule has 1 heterocycles. The van der Waals surface area contributed by atoms with Crippen LogP contribution in [0.4, 0.5) is 0 Å². The number of carbonyl (C=O) groups excluding carboxylic acids is 1. The van der Waals surface area contributed by atoms with Crippen molar-refractivity contribution in [3.63, 3.8) is 0 Å². The number of aliphatic hydroxyl groups is 1. The largest absolute Gasteiger partial charge is 0.396 e. The van der Waals surface area contributed by atoms with Crippen LogP contribution in [0.25, 0.3) is 0 Å². The predicted octanol–water partition coefficient (Wildman–Crippen LogP) is 0.653. The summed E-state index contributed by atoms with van der Waals surface area (Å²) in [5.41, 5.74) is -0.236. The normalized spacial score (nSPS) is 22.6. The number of rotatable bonds is 4. The van der Waals surface area contributed by atoms with Gasteiger partial charge in [-0.25, -0.2) is 0 Å². The molecule has 1 aliphatic heterocycles. The second kappa shape index (κ2) is 6.21. The van der Waals surface area contributed by atoms with Crippen LogP contribution < -0.4 is 10.6 Å². The molecule has 0 aromatic heterocycles. The Kier molecular flexibility index (Phi) is 5.22. The minimum absolute atomic E-state index is 0.0445. The van der Waals surface area contributed by atoms with Gasteiger partial charge >= 0.3 is 0 Å². The van der Waals surface area contributed by atoms with Crippen LogP contribution in [0, 0.1) is 5.41 Å². The fourth-order valence-electron chi connectivity index (χ4n) is 1.76. The highest BCUT2D eigenvalue weighted by Crippen LogP contribution is 2.12. The third kappa shape index (κ3) is 4.49. The average molecular weight is 228 g/mol. The summed E-state index contributed by atoms with van der Waals surface area (Å²) in [5, 5.41) is 15.3. The molecule has 1 amide bonds. The van der Waals surface area contributed by atoms with Crippen LogP contribution in [-0.2, 0) is 4.79 Å². The van der Waals surface area contributed by atoms with Crippen molar-refractivity contribution in [2.45, 2.75) is 45.6 Å². The standard InChI is InChI=1S/C12H24N2O2/c1-12(2,9-15)8-14-11(16)10-6-4-3-5-7-13-10/h10,13,15H,3-9H2,1-2H3,(H,14,16). The van der Waals surface area contributed by atoms with E-state index < -0.39 is 0 Å². The molecule has 1 saturated heterocycles. The first-order valence-corrected chi connectivity index (χ1v) is 6.17. The molecule has 0 radical (unpaired) electrons.